The van der Waals surface area contributed by atoms with Gasteiger partial charge in [0.15, 0.2) is 0 Å². The number of nitrogens with zero attached hydrogens (tertiary/aromatic N) is 1. The van der Waals surface area contributed by atoms with Crippen molar-refractivity contribution in [2.75, 3.05) is 19.7 Å². The molecule has 2 heteroatoms. The number of morpholine rings is 1. The summed E-state index contributed by atoms with van der Waals surface area (Å²) >= 11 is 0. The minimum atomic E-state index is 0.481. The van der Waals surface area contributed by atoms with Gasteiger partial charge in [0.05, 0.1) is 12.7 Å². The van der Waals surface area contributed by atoms with E-state index in [-0.39, 0.29) is 0 Å². The van der Waals surface area contributed by atoms with E-state index in [1.165, 1.54) is 32.4 Å². The van der Waals surface area contributed by atoms with Crippen molar-refractivity contribution in [3.63, 3.8) is 0 Å². The highest BCUT2D eigenvalue weighted by Crippen LogP contribution is 2.24. The molecule has 2 atom stereocenters. The lowest BCUT2D eigenvalue weighted by atomic mass is 9.97. The quantitative estimate of drug-likeness (QED) is 0.615. The molecule has 0 spiro atoms. The van der Waals surface area contributed by atoms with E-state index in [0.29, 0.717) is 12.0 Å². The number of piperidine rings is 1. The number of hydrogen-bond acceptors (Lipinski definition) is 2. The molecule has 2 heterocycles. The van der Waals surface area contributed by atoms with Crippen LogP contribution in [0.4, 0.5) is 0 Å². The van der Waals surface area contributed by atoms with Gasteiger partial charge in [0.1, 0.15) is 0 Å². The van der Waals surface area contributed by atoms with Gasteiger partial charge in [0.25, 0.3) is 0 Å². The smallest absolute Gasteiger partial charge is 0.0725 e. The zero-order valence-corrected chi connectivity index (χ0v) is 8.83. The van der Waals surface area contributed by atoms with E-state index in [9.17, 15) is 0 Å². The maximum absolute atomic E-state index is 5.87. The molecule has 2 rings (SSSR count). The molecule has 2 unspecified atom stereocenters. The highest BCUT2D eigenvalue weighted by molar-refractivity contribution is 4.84. The minimum Gasteiger partial charge on any atom is -0.375 e. The Morgan fingerprint density at radius 1 is 1.31 bits per heavy atom. The molecule has 0 saturated carbocycles. The van der Waals surface area contributed by atoms with Crippen molar-refractivity contribution in [1.29, 1.82) is 0 Å². The molecule has 0 aromatic rings. The standard InChI is InChI=1S/C11H21NO/c1-9(2)11-7-12-6-4-3-5-10(12)8-13-11/h9-11H,3-8H2,1-2H3. The predicted molar refractivity (Wildman–Crippen MR) is 53.8 cm³/mol. The van der Waals surface area contributed by atoms with Gasteiger partial charge in [-0.1, -0.05) is 20.3 Å². The second-order valence-corrected chi connectivity index (χ2v) is 4.76. The zero-order valence-electron chi connectivity index (χ0n) is 8.83. The molecule has 0 bridgehead atoms. The Labute approximate surface area is 81.3 Å². The molecule has 2 saturated heterocycles. The average Bonchev–Trinajstić information content (AvgIpc) is 2.17. The first kappa shape index (κ1) is 9.47. The lowest BCUT2D eigenvalue weighted by molar-refractivity contribution is -0.0915. The average molecular weight is 183 g/mol. The lowest BCUT2D eigenvalue weighted by Crippen LogP contribution is -2.52. The molecule has 13 heavy (non-hydrogen) atoms. The summed E-state index contributed by atoms with van der Waals surface area (Å²) in [7, 11) is 0. The fraction of sp³-hybridized carbons (Fsp3) is 1.00. The van der Waals surface area contributed by atoms with Crippen molar-refractivity contribution in [3.8, 4) is 0 Å². The van der Waals surface area contributed by atoms with Crippen LogP contribution in [-0.4, -0.2) is 36.7 Å². The van der Waals surface area contributed by atoms with Crippen LogP contribution in [0.1, 0.15) is 33.1 Å². The van der Waals surface area contributed by atoms with Crippen LogP contribution >= 0.6 is 0 Å². The van der Waals surface area contributed by atoms with E-state index in [0.717, 1.165) is 12.6 Å². The highest BCUT2D eigenvalue weighted by atomic mass is 16.5. The summed E-state index contributed by atoms with van der Waals surface area (Å²) in [4.78, 5) is 2.64. The summed E-state index contributed by atoms with van der Waals surface area (Å²) in [5.74, 6) is 0.669. The summed E-state index contributed by atoms with van der Waals surface area (Å²) < 4.78 is 5.87. The molecule has 0 N–H and O–H groups in total. The highest BCUT2D eigenvalue weighted by Gasteiger charge is 2.31. The summed E-state index contributed by atoms with van der Waals surface area (Å²) in [6.45, 7) is 7.96. The van der Waals surface area contributed by atoms with E-state index in [2.05, 4.69) is 18.7 Å². The Hall–Kier alpha value is -0.0800. The summed E-state index contributed by atoms with van der Waals surface area (Å²) in [5.41, 5.74) is 0. The van der Waals surface area contributed by atoms with Crippen LogP contribution in [0.5, 0.6) is 0 Å². The van der Waals surface area contributed by atoms with Crippen LogP contribution in [0.2, 0.25) is 0 Å². The van der Waals surface area contributed by atoms with E-state index < -0.39 is 0 Å². The van der Waals surface area contributed by atoms with Gasteiger partial charge < -0.3 is 4.74 Å². The molecular weight excluding hydrogens is 162 g/mol. The predicted octanol–water partition coefficient (Wildman–Crippen LogP) is 1.90. The van der Waals surface area contributed by atoms with Crippen molar-refractivity contribution in [1.82, 2.24) is 4.90 Å². The number of fused-ring (bicyclic) bond motifs is 1. The first-order valence-electron chi connectivity index (χ1n) is 5.63. The van der Waals surface area contributed by atoms with Crippen molar-refractivity contribution < 1.29 is 4.74 Å². The van der Waals surface area contributed by atoms with Gasteiger partial charge in [0, 0.05) is 12.6 Å². The second kappa shape index (κ2) is 3.97. The van der Waals surface area contributed by atoms with E-state index in [4.69, 9.17) is 4.74 Å². The molecule has 2 aliphatic rings. The Balaban J connectivity index is 1.91. The third-order valence-corrected chi connectivity index (χ3v) is 3.41. The van der Waals surface area contributed by atoms with Crippen LogP contribution in [0, 0.1) is 5.92 Å². The van der Waals surface area contributed by atoms with Gasteiger partial charge in [0.2, 0.25) is 0 Å². The zero-order chi connectivity index (χ0) is 9.26. The topological polar surface area (TPSA) is 12.5 Å². The fourth-order valence-electron chi connectivity index (χ4n) is 2.41. The maximum Gasteiger partial charge on any atom is 0.0725 e. The number of hydrogen-bond donors (Lipinski definition) is 0. The molecular formula is C11H21NO. The molecule has 0 aromatic heterocycles. The van der Waals surface area contributed by atoms with Crippen LogP contribution < -0.4 is 0 Å². The van der Waals surface area contributed by atoms with Crippen LogP contribution in [0.15, 0.2) is 0 Å². The number of rotatable bonds is 1. The first-order chi connectivity index (χ1) is 6.27. The molecule has 0 radical (unpaired) electrons. The molecule has 0 aromatic carbocycles. The minimum absolute atomic E-state index is 0.481. The largest absolute Gasteiger partial charge is 0.375 e. The second-order valence-electron chi connectivity index (χ2n) is 4.76. The van der Waals surface area contributed by atoms with Crippen LogP contribution in [0.25, 0.3) is 0 Å². The number of ether oxygens (including phenoxy) is 1. The Kier molecular flexibility index (Phi) is 2.89. The van der Waals surface area contributed by atoms with Crippen LogP contribution in [0.3, 0.4) is 0 Å². The summed E-state index contributed by atoms with van der Waals surface area (Å²) in [6, 6.07) is 0.740. The third kappa shape index (κ3) is 2.05. The van der Waals surface area contributed by atoms with Gasteiger partial charge in [-0.05, 0) is 25.3 Å². The van der Waals surface area contributed by atoms with Crippen molar-refractivity contribution in [3.05, 3.63) is 0 Å². The molecule has 0 aliphatic carbocycles. The Morgan fingerprint density at radius 3 is 2.92 bits per heavy atom. The normalized spacial score (nSPS) is 36.2. The van der Waals surface area contributed by atoms with Crippen molar-refractivity contribution in [2.24, 2.45) is 5.92 Å². The lowest BCUT2D eigenvalue weighted by Gasteiger charge is -2.43. The fourth-order valence-corrected chi connectivity index (χ4v) is 2.41. The van der Waals surface area contributed by atoms with E-state index >= 15 is 0 Å². The summed E-state index contributed by atoms with van der Waals surface area (Å²) in [6.07, 6.45) is 4.62. The Bertz CT molecular complexity index is 169. The molecule has 2 aliphatic heterocycles. The Morgan fingerprint density at radius 2 is 2.15 bits per heavy atom. The van der Waals surface area contributed by atoms with Crippen molar-refractivity contribution in [2.45, 2.75) is 45.3 Å². The van der Waals surface area contributed by atoms with Gasteiger partial charge in [-0.3, -0.25) is 4.90 Å². The van der Waals surface area contributed by atoms with Gasteiger partial charge >= 0.3 is 0 Å². The van der Waals surface area contributed by atoms with Gasteiger partial charge in [-0.25, -0.2) is 0 Å². The van der Waals surface area contributed by atoms with E-state index in [1.807, 2.05) is 0 Å². The monoisotopic (exact) mass is 183 g/mol. The van der Waals surface area contributed by atoms with Gasteiger partial charge in [-0.2, -0.15) is 0 Å². The molecule has 0 amide bonds. The van der Waals surface area contributed by atoms with E-state index in [1.54, 1.807) is 0 Å². The summed E-state index contributed by atoms with van der Waals surface area (Å²) in [5, 5.41) is 0. The van der Waals surface area contributed by atoms with Crippen LogP contribution in [-0.2, 0) is 4.74 Å². The van der Waals surface area contributed by atoms with Crippen molar-refractivity contribution >= 4 is 0 Å². The third-order valence-electron chi connectivity index (χ3n) is 3.41. The SMILES string of the molecule is CC(C)C1CN2CCCCC2CO1. The van der Waals surface area contributed by atoms with Gasteiger partial charge in [-0.15, -0.1) is 0 Å². The molecule has 76 valence electrons. The molecule has 2 fully saturated rings. The maximum atomic E-state index is 5.87. The molecule has 2 nitrogen and oxygen atoms in total. The first-order valence-corrected chi connectivity index (χ1v) is 5.63.